The second kappa shape index (κ2) is 9.94. The van der Waals surface area contributed by atoms with Gasteiger partial charge in [0.25, 0.3) is 5.67 Å². The third-order valence-corrected chi connectivity index (χ3v) is 8.85. The number of carbonyl (C=O) groups excluding carboxylic acids is 3. The molecule has 2 N–H and O–H groups in total. The van der Waals surface area contributed by atoms with Crippen LogP contribution >= 0.6 is 0 Å². The number of alkyl halides is 1. The van der Waals surface area contributed by atoms with Crippen molar-refractivity contribution in [3.05, 3.63) is 0 Å². The summed E-state index contributed by atoms with van der Waals surface area (Å²) >= 11 is 0. The summed E-state index contributed by atoms with van der Waals surface area (Å²) < 4.78 is 21.3. The summed E-state index contributed by atoms with van der Waals surface area (Å²) in [6.45, 7) is 18.7. The number of esters is 1. The highest BCUT2D eigenvalue weighted by Gasteiger charge is 2.55. The monoisotopic (exact) mass is 485 g/mol. The summed E-state index contributed by atoms with van der Waals surface area (Å²) in [5.41, 5.74) is -5.29. The van der Waals surface area contributed by atoms with Crippen molar-refractivity contribution in [2.45, 2.75) is 107 Å². The number of rotatable bonds is 2. The number of ketones is 2. The molecule has 196 valence electrons. The van der Waals surface area contributed by atoms with E-state index in [2.05, 4.69) is 5.32 Å². The molecule has 7 nitrogen and oxygen atoms in total. The van der Waals surface area contributed by atoms with Crippen LogP contribution in [0.4, 0.5) is 9.18 Å². The molecular formula is C26H44FNO6. The number of amides is 1. The van der Waals surface area contributed by atoms with Gasteiger partial charge in [-0.2, -0.15) is 0 Å². The van der Waals surface area contributed by atoms with Gasteiger partial charge in [-0.15, -0.1) is 0 Å². The number of Topliss-reactive ketones (excluding diaryl/α,β-unsaturated/α-hetero) is 2. The van der Waals surface area contributed by atoms with Crippen LogP contribution < -0.4 is 5.32 Å². The number of halogens is 1. The zero-order valence-electron chi connectivity index (χ0n) is 22.7. The molecule has 0 unspecified atom stereocenters. The van der Waals surface area contributed by atoms with Crippen molar-refractivity contribution in [3.8, 4) is 0 Å². The average Bonchev–Trinajstić information content (AvgIpc) is 2.71. The van der Waals surface area contributed by atoms with Crippen molar-refractivity contribution < 1.29 is 33.4 Å². The lowest BCUT2D eigenvalue weighted by molar-refractivity contribution is -0.176. The van der Waals surface area contributed by atoms with E-state index in [0.29, 0.717) is 6.42 Å². The first-order chi connectivity index (χ1) is 15.2. The lowest BCUT2D eigenvalue weighted by Crippen LogP contribution is -2.58. The Morgan fingerprint density at radius 2 is 1.56 bits per heavy atom. The Labute approximate surface area is 203 Å². The minimum Gasteiger partial charge on any atom is -0.465 e. The number of nitrogens with one attached hydrogen (secondary N) is 1. The van der Waals surface area contributed by atoms with Crippen LogP contribution in [0.1, 0.15) is 89.0 Å². The highest BCUT2D eigenvalue weighted by atomic mass is 19.1. The lowest BCUT2D eigenvalue weighted by Gasteiger charge is -2.48. The zero-order chi connectivity index (χ0) is 27.0. The Kier molecular flexibility index (Phi) is 8.78. The first kappa shape index (κ1) is 30.0. The minimum absolute atomic E-state index is 0.122. The van der Waals surface area contributed by atoms with Gasteiger partial charge in [0.15, 0.2) is 5.78 Å². The Morgan fingerprint density at radius 1 is 1.06 bits per heavy atom. The van der Waals surface area contributed by atoms with E-state index in [1.54, 1.807) is 41.5 Å². The number of carbonyl (C=O) groups is 4. The maximum Gasteiger partial charge on any atom is 0.404 e. The molecule has 1 amide bonds. The fraction of sp³-hybridized carbons (Fsp3) is 0.846. The van der Waals surface area contributed by atoms with E-state index >= 15 is 4.39 Å². The zero-order valence-corrected chi connectivity index (χ0v) is 22.7. The lowest BCUT2D eigenvalue weighted by atomic mass is 9.56. The Balaban J connectivity index is 3.76. The molecule has 0 aromatic rings. The maximum absolute atomic E-state index is 15.8. The molecule has 0 aliphatic carbocycles. The quantitative estimate of drug-likeness (QED) is 0.411. The highest BCUT2D eigenvalue weighted by Crippen LogP contribution is 2.50. The molecular weight excluding hydrogens is 441 g/mol. The van der Waals surface area contributed by atoms with Crippen LogP contribution in [-0.4, -0.2) is 46.6 Å². The van der Waals surface area contributed by atoms with Crippen molar-refractivity contribution in [2.75, 3.05) is 0 Å². The van der Waals surface area contributed by atoms with Gasteiger partial charge in [0, 0.05) is 23.2 Å². The van der Waals surface area contributed by atoms with Crippen molar-refractivity contribution in [1.82, 2.24) is 5.32 Å². The Bertz CT molecular complexity index is 816. The number of hydrogen-bond acceptors (Lipinski definition) is 5. The summed E-state index contributed by atoms with van der Waals surface area (Å²) in [5.74, 6) is -4.29. The van der Waals surface area contributed by atoms with Gasteiger partial charge in [0.2, 0.25) is 0 Å². The normalized spacial score (nSPS) is 36.8. The van der Waals surface area contributed by atoms with Crippen LogP contribution in [0.3, 0.4) is 0 Å². The van der Waals surface area contributed by atoms with Crippen molar-refractivity contribution >= 4 is 23.6 Å². The van der Waals surface area contributed by atoms with Gasteiger partial charge in [-0.1, -0.05) is 69.2 Å². The molecule has 0 bridgehead atoms. The number of hydrogen-bond donors (Lipinski definition) is 2. The largest absolute Gasteiger partial charge is 0.465 e. The van der Waals surface area contributed by atoms with Crippen LogP contribution in [0.15, 0.2) is 0 Å². The molecule has 0 saturated carbocycles. The Hall–Kier alpha value is -1.99. The molecule has 34 heavy (non-hydrogen) atoms. The van der Waals surface area contributed by atoms with E-state index in [4.69, 9.17) is 4.74 Å². The smallest absolute Gasteiger partial charge is 0.404 e. The van der Waals surface area contributed by atoms with Crippen molar-refractivity contribution in [2.24, 2.45) is 34.0 Å². The third-order valence-electron chi connectivity index (χ3n) is 8.85. The van der Waals surface area contributed by atoms with Crippen LogP contribution in [0.25, 0.3) is 0 Å². The van der Waals surface area contributed by atoms with E-state index in [1.807, 2.05) is 27.7 Å². The molecule has 0 radical (unpaired) electrons. The molecule has 1 aliphatic heterocycles. The fourth-order valence-corrected chi connectivity index (χ4v) is 5.45. The molecule has 1 saturated heterocycles. The second-order valence-corrected chi connectivity index (χ2v) is 12.0. The molecule has 1 fully saturated rings. The van der Waals surface area contributed by atoms with Gasteiger partial charge >= 0.3 is 12.1 Å². The third kappa shape index (κ3) is 5.46. The number of ether oxygens (including phenoxy) is 1. The SMILES string of the molecule is CC[C@H]1OC(=O)[C@@](C)(F)C(=O)[C@H](C)C(C)(C)C(C)(C)C[C@@H](C)C(=O)[C@H](C)[C@@H](NC(=O)O)C1(C)C. The van der Waals surface area contributed by atoms with Crippen molar-refractivity contribution in [3.63, 3.8) is 0 Å². The highest BCUT2D eigenvalue weighted by molar-refractivity contribution is 6.07. The summed E-state index contributed by atoms with van der Waals surface area (Å²) in [5, 5.41) is 12.0. The van der Waals surface area contributed by atoms with Crippen LogP contribution in [0, 0.1) is 34.0 Å². The van der Waals surface area contributed by atoms with Crippen molar-refractivity contribution in [1.29, 1.82) is 0 Å². The summed E-state index contributed by atoms with van der Waals surface area (Å²) in [4.78, 5) is 51.5. The first-order valence-corrected chi connectivity index (χ1v) is 12.1. The average molecular weight is 486 g/mol. The molecule has 0 aromatic heterocycles. The number of carboxylic acid groups (broad SMARTS) is 1. The molecule has 0 spiro atoms. The van der Waals surface area contributed by atoms with E-state index in [1.165, 1.54) is 0 Å². The molecule has 6 atom stereocenters. The number of cyclic esters (lactones) is 1. The second-order valence-electron chi connectivity index (χ2n) is 12.0. The summed E-state index contributed by atoms with van der Waals surface area (Å²) in [6.07, 6.45) is -1.60. The van der Waals surface area contributed by atoms with Gasteiger partial charge in [-0.05, 0) is 30.6 Å². The van der Waals surface area contributed by atoms with Crippen LogP contribution in [0.2, 0.25) is 0 Å². The summed E-state index contributed by atoms with van der Waals surface area (Å²) in [6, 6.07) is -0.905. The molecule has 8 heteroatoms. The summed E-state index contributed by atoms with van der Waals surface area (Å²) in [7, 11) is 0. The molecule has 1 heterocycles. The topological polar surface area (TPSA) is 110 Å². The Morgan fingerprint density at radius 3 is 2.00 bits per heavy atom. The van der Waals surface area contributed by atoms with Crippen LogP contribution in [0.5, 0.6) is 0 Å². The van der Waals surface area contributed by atoms with Gasteiger partial charge in [0.05, 0.1) is 6.04 Å². The molecule has 1 aliphatic rings. The van der Waals surface area contributed by atoms with Gasteiger partial charge in [0.1, 0.15) is 11.9 Å². The fourth-order valence-electron chi connectivity index (χ4n) is 5.45. The van der Waals surface area contributed by atoms with E-state index < -0.39 is 69.7 Å². The predicted molar refractivity (Wildman–Crippen MR) is 128 cm³/mol. The minimum atomic E-state index is -2.87. The predicted octanol–water partition coefficient (Wildman–Crippen LogP) is 5.20. The maximum atomic E-state index is 15.8. The van der Waals surface area contributed by atoms with E-state index in [9.17, 15) is 24.3 Å². The van der Waals surface area contributed by atoms with E-state index in [0.717, 1.165) is 6.92 Å². The standard InChI is InChI=1S/C26H44FNO6/c1-12-17-24(7,8)19(28-22(32)33)15(3)18(29)14(2)13-23(5,6)25(9,10)16(4)20(30)26(11,27)21(31)34-17/h14-17,19,28H,12-13H2,1-11H3,(H,32,33)/t14-,15+,16+,17-,19-,26+/m1/s1. The van der Waals surface area contributed by atoms with E-state index in [-0.39, 0.29) is 12.2 Å². The van der Waals surface area contributed by atoms with Gasteiger partial charge < -0.3 is 15.2 Å². The van der Waals surface area contributed by atoms with Crippen LogP contribution in [-0.2, 0) is 19.1 Å². The molecule has 0 aromatic carbocycles. The molecule has 1 rings (SSSR count). The van der Waals surface area contributed by atoms with Gasteiger partial charge in [-0.3, -0.25) is 9.59 Å². The van der Waals surface area contributed by atoms with Gasteiger partial charge in [-0.25, -0.2) is 14.0 Å². The first-order valence-electron chi connectivity index (χ1n) is 12.1.